The molecule has 0 aliphatic rings. The number of hydrogen-bond acceptors (Lipinski definition) is 4. The van der Waals surface area contributed by atoms with Gasteiger partial charge in [-0.05, 0) is 36.4 Å². The summed E-state index contributed by atoms with van der Waals surface area (Å²) in [6, 6.07) is 10.1. The van der Waals surface area contributed by atoms with Crippen molar-refractivity contribution in [3.8, 4) is 0 Å². The molecular weight excluding hydrogens is 383 g/mol. The zero-order chi connectivity index (χ0) is 20.1. The number of alkyl halides is 3. The number of sulfonamides is 1. The molecule has 27 heavy (non-hydrogen) atoms. The Morgan fingerprint density at radius 1 is 1.15 bits per heavy atom. The zero-order valence-corrected chi connectivity index (χ0v) is 15.2. The predicted octanol–water partition coefficient (Wildman–Crippen LogP) is 2.24. The summed E-state index contributed by atoms with van der Waals surface area (Å²) in [5, 5.41) is 1.73. The van der Waals surface area contributed by atoms with E-state index < -0.39 is 28.7 Å². The molecule has 0 saturated heterocycles. The Morgan fingerprint density at radius 3 is 2.37 bits per heavy atom. The lowest BCUT2D eigenvalue weighted by molar-refractivity contribution is -0.123. The van der Waals surface area contributed by atoms with E-state index in [1.807, 2.05) is 0 Å². The van der Waals surface area contributed by atoms with Crippen LogP contribution in [0.15, 0.2) is 53.6 Å². The maximum absolute atomic E-state index is 12.5. The fourth-order valence-electron chi connectivity index (χ4n) is 2.18. The summed E-state index contributed by atoms with van der Waals surface area (Å²) < 4.78 is 62.6. The van der Waals surface area contributed by atoms with Crippen molar-refractivity contribution in [2.45, 2.75) is 17.5 Å². The average Bonchev–Trinajstić information content (AvgIpc) is 2.64. The lowest BCUT2D eigenvalue weighted by atomic mass is 10.2. The normalized spacial score (nSPS) is 12.2. The molecule has 6 nitrogen and oxygen atoms in total. The van der Waals surface area contributed by atoms with Crippen LogP contribution >= 0.6 is 0 Å². The lowest BCUT2D eigenvalue weighted by Gasteiger charge is -2.17. The molecule has 0 atom stereocenters. The van der Waals surface area contributed by atoms with Gasteiger partial charge < -0.3 is 5.32 Å². The zero-order valence-electron chi connectivity index (χ0n) is 14.4. The molecule has 0 fully saturated rings. The number of pyridine rings is 1. The van der Waals surface area contributed by atoms with E-state index in [4.69, 9.17) is 0 Å². The summed E-state index contributed by atoms with van der Waals surface area (Å²) >= 11 is 0. The van der Waals surface area contributed by atoms with Crippen LogP contribution in [0.4, 0.5) is 13.2 Å². The Bertz CT molecular complexity index is 870. The second-order valence-electron chi connectivity index (χ2n) is 5.72. The number of halogens is 3. The van der Waals surface area contributed by atoms with E-state index in [2.05, 4.69) is 4.98 Å². The van der Waals surface area contributed by atoms with E-state index in [0.29, 0.717) is 6.42 Å². The van der Waals surface area contributed by atoms with Crippen LogP contribution in [-0.2, 0) is 16.4 Å². The molecule has 1 heterocycles. The number of rotatable bonds is 7. The topological polar surface area (TPSA) is 79.4 Å². The highest BCUT2D eigenvalue weighted by molar-refractivity contribution is 7.89. The molecule has 0 aliphatic carbocycles. The van der Waals surface area contributed by atoms with Crippen molar-refractivity contribution in [1.82, 2.24) is 14.6 Å². The highest BCUT2D eigenvalue weighted by Gasteiger charge is 2.28. The predicted molar refractivity (Wildman–Crippen MR) is 92.6 cm³/mol. The summed E-state index contributed by atoms with van der Waals surface area (Å²) in [6.07, 6.45) is -2.48. The molecule has 1 N–H and O–H groups in total. The van der Waals surface area contributed by atoms with Gasteiger partial charge in [0.1, 0.15) is 6.54 Å². The Labute approximate surface area is 155 Å². The van der Waals surface area contributed by atoms with Crippen LogP contribution in [0.2, 0.25) is 0 Å². The van der Waals surface area contributed by atoms with E-state index >= 15 is 0 Å². The molecule has 2 rings (SSSR count). The van der Waals surface area contributed by atoms with Gasteiger partial charge in [0.05, 0.1) is 4.90 Å². The van der Waals surface area contributed by atoms with Gasteiger partial charge in [-0.25, -0.2) is 12.7 Å². The highest BCUT2D eigenvalue weighted by Crippen LogP contribution is 2.17. The number of hydrogen-bond donors (Lipinski definition) is 1. The molecule has 0 aliphatic heterocycles. The van der Waals surface area contributed by atoms with E-state index in [0.717, 1.165) is 10.00 Å². The average molecular weight is 401 g/mol. The van der Waals surface area contributed by atoms with Gasteiger partial charge in [0.2, 0.25) is 10.0 Å². The van der Waals surface area contributed by atoms with Gasteiger partial charge in [-0.3, -0.25) is 9.78 Å². The fourth-order valence-corrected chi connectivity index (χ4v) is 3.35. The maximum Gasteiger partial charge on any atom is 0.405 e. The molecule has 0 unspecified atom stereocenters. The van der Waals surface area contributed by atoms with Gasteiger partial charge in [0, 0.05) is 37.5 Å². The minimum Gasteiger partial charge on any atom is -0.343 e. The number of amides is 1. The lowest BCUT2D eigenvalue weighted by Crippen LogP contribution is -2.33. The number of benzene rings is 1. The van der Waals surface area contributed by atoms with E-state index in [1.54, 1.807) is 29.7 Å². The quantitative estimate of drug-likeness (QED) is 0.772. The monoisotopic (exact) mass is 401 g/mol. The van der Waals surface area contributed by atoms with Gasteiger partial charge >= 0.3 is 6.18 Å². The SMILES string of the molecule is CN(CCc1ccccn1)S(=O)(=O)c1ccc(C(=O)NCC(F)(F)F)cc1. The van der Waals surface area contributed by atoms with E-state index in [-0.39, 0.29) is 17.0 Å². The first kappa shape index (κ1) is 20.8. The standard InChI is InChI=1S/C17H18F3N3O3S/c1-23(11-9-14-4-2-3-10-21-14)27(25,26)15-7-5-13(6-8-15)16(24)22-12-17(18,19)20/h2-8,10H,9,11-12H2,1H3,(H,22,24). The van der Waals surface area contributed by atoms with Crippen LogP contribution in [0.25, 0.3) is 0 Å². The minimum atomic E-state index is -4.52. The second-order valence-corrected chi connectivity index (χ2v) is 7.76. The first-order valence-corrected chi connectivity index (χ1v) is 9.35. The number of nitrogens with zero attached hydrogens (tertiary/aromatic N) is 2. The molecule has 1 amide bonds. The third-order valence-electron chi connectivity index (χ3n) is 3.68. The Balaban J connectivity index is 2.02. The molecule has 2 aromatic rings. The number of carbonyl (C=O) groups is 1. The smallest absolute Gasteiger partial charge is 0.343 e. The van der Waals surface area contributed by atoms with Crippen LogP contribution < -0.4 is 5.32 Å². The molecule has 0 spiro atoms. The van der Waals surface area contributed by atoms with Gasteiger partial charge in [-0.15, -0.1) is 0 Å². The van der Waals surface area contributed by atoms with Crippen molar-refractivity contribution in [2.75, 3.05) is 20.1 Å². The van der Waals surface area contributed by atoms with Crippen LogP contribution in [0.1, 0.15) is 16.1 Å². The van der Waals surface area contributed by atoms with E-state index in [1.165, 1.54) is 31.3 Å². The Kier molecular flexibility index (Phi) is 6.55. The second kappa shape index (κ2) is 8.49. The third-order valence-corrected chi connectivity index (χ3v) is 5.55. The number of nitrogens with one attached hydrogen (secondary N) is 1. The Morgan fingerprint density at radius 2 is 1.81 bits per heavy atom. The molecule has 146 valence electrons. The van der Waals surface area contributed by atoms with Gasteiger partial charge in [-0.1, -0.05) is 6.07 Å². The van der Waals surface area contributed by atoms with Crippen molar-refractivity contribution in [2.24, 2.45) is 0 Å². The summed E-state index contributed by atoms with van der Waals surface area (Å²) in [4.78, 5) is 15.7. The fraction of sp³-hybridized carbons (Fsp3) is 0.294. The van der Waals surface area contributed by atoms with E-state index in [9.17, 15) is 26.4 Å². The number of likely N-dealkylation sites (N-methyl/N-ethyl adjacent to an activating group) is 1. The summed E-state index contributed by atoms with van der Waals surface area (Å²) in [6.45, 7) is -1.25. The third kappa shape index (κ3) is 6.04. The number of carbonyl (C=O) groups excluding carboxylic acids is 1. The maximum atomic E-state index is 12.5. The first-order valence-electron chi connectivity index (χ1n) is 7.91. The van der Waals surface area contributed by atoms with Gasteiger partial charge in [0.15, 0.2) is 0 Å². The first-order chi connectivity index (χ1) is 12.6. The van der Waals surface area contributed by atoms with Crippen molar-refractivity contribution < 1.29 is 26.4 Å². The molecule has 0 saturated carbocycles. The molecule has 1 aromatic carbocycles. The molecule has 1 aromatic heterocycles. The summed E-state index contributed by atoms with van der Waals surface area (Å²) in [5.41, 5.74) is 0.686. The minimum absolute atomic E-state index is 0.0570. The molecule has 0 bridgehead atoms. The van der Waals surface area contributed by atoms with Crippen LogP contribution in [0.3, 0.4) is 0 Å². The highest BCUT2D eigenvalue weighted by atomic mass is 32.2. The largest absolute Gasteiger partial charge is 0.405 e. The Hall–Kier alpha value is -2.46. The van der Waals surface area contributed by atoms with Crippen LogP contribution in [0, 0.1) is 0 Å². The molecule has 10 heteroatoms. The molecule has 0 radical (unpaired) electrons. The van der Waals surface area contributed by atoms with Crippen LogP contribution in [-0.4, -0.2) is 49.9 Å². The van der Waals surface area contributed by atoms with Crippen molar-refractivity contribution >= 4 is 15.9 Å². The summed E-state index contributed by atoms with van der Waals surface area (Å²) in [7, 11) is -2.37. The van der Waals surface area contributed by atoms with Gasteiger partial charge in [0.25, 0.3) is 5.91 Å². The van der Waals surface area contributed by atoms with Crippen molar-refractivity contribution in [3.63, 3.8) is 0 Å². The van der Waals surface area contributed by atoms with Crippen molar-refractivity contribution in [3.05, 3.63) is 59.9 Å². The van der Waals surface area contributed by atoms with Crippen LogP contribution in [0.5, 0.6) is 0 Å². The van der Waals surface area contributed by atoms with Crippen molar-refractivity contribution in [1.29, 1.82) is 0 Å². The number of aromatic nitrogens is 1. The van der Waals surface area contributed by atoms with Gasteiger partial charge in [-0.2, -0.15) is 13.2 Å². The summed E-state index contributed by atoms with van der Waals surface area (Å²) in [5.74, 6) is -0.931. The molecular formula is C17H18F3N3O3S.